The van der Waals surface area contributed by atoms with Crippen LogP contribution in [0, 0.1) is 16.7 Å². The van der Waals surface area contributed by atoms with Gasteiger partial charge in [-0.2, -0.15) is 5.26 Å². The van der Waals surface area contributed by atoms with E-state index in [1.807, 2.05) is 19.1 Å². The van der Waals surface area contributed by atoms with Gasteiger partial charge in [0, 0.05) is 29.8 Å². The fourth-order valence-electron chi connectivity index (χ4n) is 2.84. The average molecular weight is 377 g/mol. The number of hydrogen-bond acceptors (Lipinski definition) is 5. The zero-order chi connectivity index (χ0) is 19.9. The van der Waals surface area contributed by atoms with Crippen molar-refractivity contribution in [3.8, 4) is 11.9 Å². The molecule has 0 radical (unpaired) electrons. The molecule has 142 valence electrons. The molecular formula is C21H20FN5O. The predicted molar refractivity (Wildman–Crippen MR) is 103 cm³/mol. The van der Waals surface area contributed by atoms with Crippen LogP contribution in [0.15, 0.2) is 58.9 Å². The third-order valence-corrected chi connectivity index (χ3v) is 4.29. The quantitative estimate of drug-likeness (QED) is 0.588. The molecule has 0 bridgehead atoms. The third-order valence-electron chi connectivity index (χ3n) is 4.29. The van der Waals surface area contributed by atoms with E-state index in [4.69, 9.17) is 10.1 Å². The Morgan fingerprint density at radius 1 is 1.43 bits per heavy atom. The number of nitriles is 1. The summed E-state index contributed by atoms with van der Waals surface area (Å²) in [5.74, 6) is 1.27. The van der Waals surface area contributed by atoms with E-state index >= 15 is 0 Å². The first-order valence-electron chi connectivity index (χ1n) is 8.92. The Bertz CT molecular complexity index is 989. The summed E-state index contributed by atoms with van der Waals surface area (Å²) in [7, 11) is 0. The summed E-state index contributed by atoms with van der Waals surface area (Å²) in [6.07, 6.45) is 6.02. The van der Waals surface area contributed by atoms with Gasteiger partial charge in [-0.1, -0.05) is 5.73 Å². The molecule has 2 aliphatic heterocycles. The second kappa shape index (κ2) is 8.88. The molecule has 0 saturated heterocycles. The van der Waals surface area contributed by atoms with E-state index in [0.717, 1.165) is 11.3 Å². The lowest BCUT2D eigenvalue weighted by molar-refractivity contribution is 0.279. The Labute approximate surface area is 163 Å². The summed E-state index contributed by atoms with van der Waals surface area (Å²) < 4.78 is 17.8. The van der Waals surface area contributed by atoms with Crippen molar-refractivity contribution in [1.82, 2.24) is 15.2 Å². The van der Waals surface area contributed by atoms with Crippen LogP contribution in [-0.4, -0.2) is 35.5 Å². The third kappa shape index (κ3) is 4.21. The smallest absolute Gasteiger partial charge is 0.231 e. The monoisotopic (exact) mass is 377 g/mol. The number of allylic oxidation sites excluding steroid dienone is 2. The van der Waals surface area contributed by atoms with Gasteiger partial charge in [0.15, 0.2) is 5.82 Å². The SMILES string of the molecule is CC1=C(Cc2ccc(C#N)c(OCCCF)n2)C(=N)N2CC=C=CC=C=C2N1. The molecule has 3 rings (SSSR count). The number of ether oxygens (including phenoxy) is 1. The lowest BCUT2D eigenvalue weighted by Gasteiger charge is -2.33. The Morgan fingerprint density at radius 3 is 3.07 bits per heavy atom. The highest BCUT2D eigenvalue weighted by Crippen LogP contribution is 2.23. The van der Waals surface area contributed by atoms with Gasteiger partial charge < -0.3 is 15.0 Å². The maximum Gasteiger partial charge on any atom is 0.231 e. The molecule has 0 atom stereocenters. The summed E-state index contributed by atoms with van der Waals surface area (Å²) in [4.78, 5) is 6.22. The van der Waals surface area contributed by atoms with Crippen LogP contribution in [0.3, 0.4) is 0 Å². The number of amidine groups is 1. The minimum atomic E-state index is -0.486. The van der Waals surface area contributed by atoms with Crippen LogP contribution >= 0.6 is 0 Å². The van der Waals surface area contributed by atoms with Crippen molar-refractivity contribution in [3.63, 3.8) is 0 Å². The van der Waals surface area contributed by atoms with E-state index in [-0.39, 0.29) is 18.9 Å². The summed E-state index contributed by atoms with van der Waals surface area (Å²) in [5, 5.41) is 21.1. The van der Waals surface area contributed by atoms with Crippen LogP contribution in [-0.2, 0) is 6.42 Å². The van der Waals surface area contributed by atoms with E-state index in [9.17, 15) is 9.65 Å². The number of rotatable bonds is 6. The standard InChI is InChI=1S/C21H20FN5O/c1-15-18(20(24)27-11-5-3-2-4-7-19(27)25-15)13-17-9-8-16(14-23)21(26-17)28-12-6-10-22/h2,4-5,8-9,24-25H,6,10-13H2,1H3. The second-order valence-electron chi connectivity index (χ2n) is 6.22. The van der Waals surface area contributed by atoms with Gasteiger partial charge in [0.1, 0.15) is 17.5 Å². The van der Waals surface area contributed by atoms with E-state index in [0.29, 0.717) is 35.9 Å². The zero-order valence-corrected chi connectivity index (χ0v) is 15.6. The van der Waals surface area contributed by atoms with Gasteiger partial charge in [-0.15, -0.1) is 5.73 Å². The van der Waals surface area contributed by atoms with Gasteiger partial charge >= 0.3 is 0 Å². The number of halogens is 1. The first-order valence-corrected chi connectivity index (χ1v) is 8.92. The summed E-state index contributed by atoms with van der Waals surface area (Å²) in [6.45, 7) is 2.09. The number of fused-ring (bicyclic) bond motifs is 1. The minimum absolute atomic E-state index is 0.162. The largest absolute Gasteiger partial charge is 0.477 e. The predicted octanol–water partition coefficient (Wildman–Crippen LogP) is 3.11. The van der Waals surface area contributed by atoms with Crippen LogP contribution < -0.4 is 10.1 Å². The number of hydrogen-bond donors (Lipinski definition) is 2. The molecule has 0 amide bonds. The molecule has 7 heteroatoms. The molecule has 2 N–H and O–H groups in total. The number of aromatic nitrogens is 1. The minimum Gasteiger partial charge on any atom is -0.477 e. The van der Waals surface area contributed by atoms with Gasteiger partial charge in [-0.05, 0) is 37.3 Å². The highest BCUT2D eigenvalue weighted by molar-refractivity contribution is 5.99. The van der Waals surface area contributed by atoms with Crippen molar-refractivity contribution in [2.45, 2.75) is 19.8 Å². The van der Waals surface area contributed by atoms with Crippen molar-refractivity contribution in [1.29, 1.82) is 10.7 Å². The Kier molecular flexibility index (Phi) is 6.08. The maximum absolute atomic E-state index is 12.3. The first-order chi connectivity index (χ1) is 13.6. The zero-order valence-electron chi connectivity index (χ0n) is 15.6. The molecular weight excluding hydrogens is 357 g/mol. The van der Waals surface area contributed by atoms with Crippen LogP contribution in [0.1, 0.15) is 24.6 Å². The van der Waals surface area contributed by atoms with Crippen LogP contribution in [0.5, 0.6) is 5.88 Å². The van der Waals surface area contributed by atoms with Crippen LogP contribution in [0.4, 0.5) is 4.39 Å². The van der Waals surface area contributed by atoms with E-state index < -0.39 is 6.67 Å². The molecule has 1 aromatic rings. The molecule has 2 aliphatic rings. The molecule has 0 unspecified atom stereocenters. The molecule has 0 saturated carbocycles. The molecule has 0 aromatic carbocycles. The first kappa shape index (κ1) is 19.2. The van der Waals surface area contributed by atoms with Crippen molar-refractivity contribution in [2.24, 2.45) is 0 Å². The van der Waals surface area contributed by atoms with Crippen molar-refractivity contribution < 1.29 is 9.13 Å². The second-order valence-corrected chi connectivity index (χ2v) is 6.22. The van der Waals surface area contributed by atoms with Crippen molar-refractivity contribution in [2.75, 3.05) is 19.8 Å². The molecule has 28 heavy (non-hydrogen) atoms. The van der Waals surface area contributed by atoms with Crippen molar-refractivity contribution in [3.05, 3.63) is 70.2 Å². The average Bonchev–Trinajstić information content (AvgIpc) is 2.67. The lowest BCUT2D eigenvalue weighted by Crippen LogP contribution is -2.42. The molecule has 1 aromatic heterocycles. The van der Waals surface area contributed by atoms with Crippen LogP contribution in [0.2, 0.25) is 0 Å². The normalized spacial score (nSPS) is 15.4. The lowest BCUT2D eigenvalue weighted by atomic mass is 10.0. The van der Waals surface area contributed by atoms with Crippen LogP contribution in [0.25, 0.3) is 0 Å². The summed E-state index contributed by atoms with van der Waals surface area (Å²) in [5.41, 5.74) is 8.73. The van der Waals surface area contributed by atoms with Gasteiger partial charge in [0.05, 0.1) is 19.8 Å². The highest BCUT2D eigenvalue weighted by Gasteiger charge is 2.26. The molecule has 0 spiro atoms. The number of nitrogens with one attached hydrogen (secondary N) is 2. The van der Waals surface area contributed by atoms with Crippen molar-refractivity contribution >= 4 is 5.84 Å². The number of nitrogens with zero attached hydrogens (tertiary/aromatic N) is 3. The summed E-state index contributed by atoms with van der Waals surface area (Å²) in [6, 6.07) is 5.42. The Hall–Kier alpha value is -3.58. The van der Waals surface area contributed by atoms with E-state index in [2.05, 4.69) is 21.8 Å². The molecule has 3 heterocycles. The van der Waals surface area contributed by atoms with E-state index in [1.54, 1.807) is 29.2 Å². The maximum atomic E-state index is 12.3. The molecule has 0 aliphatic carbocycles. The fourth-order valence-corrected chi connectivity index (χ4v) is 2.84. The fraction of sp³-hybridized carbons (Fsp3) is 0.286. The summed E-state index contributed by atoms with van der Waals surface area (Å²) >= 11 is 0. The number of alkyl halides is 1. The van der Waals surface area contributed by atoms with Gasteiger partial charge in [-0.25, -0.2) is 4.98 Å². The Morgan fingerprint density at radius 2 is 2.29 bits per heavy atom. The van der Waals surface area contributed by atoms with Gasteiger partial charge in [0.2, 0.25) is 5.88 Å². The Balaban J connectivity index is 1.86. The molecule has 0 fully saturated rings. The van der Waals surface area contributed by atoms with Gasteiger partial charge in [-0.3, -0.25) is 9.80 Å². The topological polar surface area (TPSA) is 85.0 Å². The van der Waals surface area contributed by atoms with E-state index in [1.165, 1.54) is 0 Å². The highest BCUT2D eigenvalue weighted by atomic mass is 19.1. The molecule has 6 nitrogen and oxygen atoms in total. The van der Waals surface area contributed by atoms with Gasteiger partial charge in [0.25, 0.3) is 0 Å². The number of pyridine rings is 1.